The second-order valence-corrected chi connectivity index (χ2v) is 8.01. The van der Waals surface area contributed by atoms with E-state index in [1.54, 1.807) is 12.4 Å². The van der Waals surface area contributed by atoms with Gasteiger partial charge in [0.05, 0.1) is 17.8 Å². The Bertz CT molecular complexity index is 965. The van der Waals surface area contributed by atoms with Gasteiger partial charge in [-0.1, -0.05) is 23.7 Å². The number of hydrogen-bond acceptors (Lipinski definition) is 6. The van der Waals surface area contributed by atoms with E-state index in [0.29, 0.717) is 29.3 Å². The summed E-state index contributed by atoms with van der Waals surface area (Å²) >= 11 is 6.04. The van der Waals surface area contributed by atoms with Crippen LogP contribution >= 0.6 is 11.6 Å². The van der Waals surface area contributed by atoms with Crippen LogP contribution in [0.2, 0.25) is 5.02 Å². The number of nitrogens with zero attached hydrogens (tertiary/aromatic N) is 4. The number of hydrogen-bond donors (Lipinski definition) is 2. The van der Waals surface area contributed by atoms with E-state index in [0.717, 1.165) is 23.4 Å². The summed E-state index contributed by atoms with van der Waals surface area (Å²) in [4.78, 5) is 15.9. The van der Waals surface area contributed by atoms with E-state index < -0.39 is 6.10 Å². The minimum atomic E-state index is -0.451. The quantitative estimate of drug-likeness (QED) is 0.669. The first-order chi connectivity index (χ1) is 14.0. The minimum Gasteiger partial charge on any atom is -0.390 e. The zero-order valence-electron chi connectivity index (χ0n) is 16.5. The summed E-state index contributed by atoms with van der Waals surface area (Å²) in [7, 11) is 0. The molecule has 1 aromatic carbocycles. The standard InChI is InChI=1S/C22H24ClN5O/c1-14(2)28-12-19(20(29)13-28)25-21-10-18(15-5-7-17(23)8-6-15)26-22(27-21)16-4-3-9-24-11-16/h3-11,14,19-20,29H,12-13H2,1-2H3,(H,25,26,27). The molecule has 7 heteroatoms. The van der Waals surface area contributed by atoms with Crippen molar-refractivity contribution < 1.29 is 5.11 Å². The van der Waals surface area contributed by atoms with Crippen LogP contribution in [-0.2, 0) is 0 Å². The van der Waals surface area contributed by atoms with Gasteiger partial charge in [0, 0.05) is 53.7 Å². The maximum absolute atomic E-state index is 10.5. The van der Waals surface area contributed by atoms with E-state index in [4.69, 9.17) is 21.6 Å². The first-order valence-corrected chi connectivity index (χ1v) is 10.1. The maximum Gasteiger partial charge on any atom is 0.163 e. The Balaban J connectivity index is 1.69. The summed E-state index contributed by atoms with van der Waals surface area (Å²) in [6.45, 7) is 5.69. The van der Waals surface area contributed by atoms with Crippen LogP contribution in [0.5, 0.6) is 0 Å². The molecule has 1 saturated heterocycles. The topological polar surface area (TPSA) is 74.2 Å². The molecule has 1 aliphatic heterocycles. The summed E-state index contributed by atoms with van der Waals surface area (Å²) in [6.07, 6.45) is 3.02. The van der Waals surface area contributed by atoms with Gasteiger partial charge in [-0.2, -0.15) is 0 Å². The van der Waals surface area contributed by atoms with Crippen molar-refractivity contribution in [3.8, 4) is 22.6 Å². The lowest BCUT2D eigenvalue weighted by Gasteiger charge is -2.20. The van der Waals surface area contributed by atoms with Gasteiger partial charge in [-0.25, -0.2) is 9.97 Å². The van der Waals surface area contributed by atoms with E-state index in [1.807, 2.05) is 42.5 Å². The fraction of sp³-hybridized carbons (Fsp3) is 0.318. The number of likely N-dealkylation sites (tertiary alicyclic amines) is 1. The largest absolute Gasteiger partial charge is 0.390 e. The molecule has 3 aromatic rings. The number of halogens is 1. The number of aromatic nitrogens is 3. The summed E-state index contributed by atoms with van der Waals surface area (Å²) in [5.41, 5.74) is 2.56. The monoisotopic (exact) mass is 409 g/mol. The van der Waals surface area contributed by atoms with Gasteiger partial charge in [0.25, 0.3) is 0 Å². The van der Waals surface area contributed by atoms with Crippen molar-refractivity contribution in [3.63, 3.8) is 0 Å². The molecule has 4 rings (SSSR count). The highest BCUT2D eigenvalue weighted by Gasteiger charge is 2.32. The first kappa shape index (κ1) is 19.8. The molecule has 6 nitrogen and oxygen atoms in total. The SMILES string of the molecule is CC(C)N1CC(O)C(Nc2cc(-c3ccc(Cl)cc3)nc(-c3cccnc3)n2)C1. The summed E-state index contributed by atoms with van der Waals surface area (Å²) in [5, 5.41) is 14.6. The van der Waals surface area contributed by atoms with Gasteiger partial charge in [0.15, 0.2) is 5.82 Å². The number of rotatable bonds is 5. The van der Waals surface area contributed by atoms with Crippen LogP contribution in [0.1, 0.15) is 13.8 Å². The number of β-amino-alcohol motifs (C(OH)–C–C–N with tert-alkyl or cyclic N) is 1. The first-order valence-electron chi connectivity index (χ1n) is 9.73. The molecule has 0 saturated carbocycles. The molecular weight excluding hydrogens is 386 g/mol. The Kier molecular flexibility index (Phi) is 5.76. The molecule has 2 aromatic heterocycles. The van der Waals surface area contributed by atoms with E-state index in [1.165, 1.54) is 0 Å². The van der Waals surface area contributed by atoms with Crippen molar-refractivity contribution in [3.05, 3.63) is 59.9 Å². The van der Waals surface area contributed by atoms with Crippen LogP contribution in [0.25, 0.3) is 22.6 Å². The van der Waals surface area contributed by atoms with Gasteiger partial charge >= 0.3 is 0 Å². The molecule has 0 aliphatic carbocycles. The number of pyridine rings is 1. The minimum absolute atomic E-state index is 0.0906. The zero-order chi connectivity index (χ0) is 20.4. The predicted molar refractivity (Wildman–Crippen MR) is 116 cm³/mol. The van der Waals surface area contributed by atoms with Crippen molar-refractivity contribution >= 4 is 17.4 Å². The predicted octanol–water partition coefficient (Wildman–Crippen LogP) is 3.72. The van der Waals surface area contributed by atoms with E-state index in [2.05, 4.69) is 29.0 Å². The van der Waals surface area contributed by atoms with Gasteiger partial charge in [-0.3, -0.25) is 9.88 Å². The Hall–Kier alpha value is -2.54. The van der Waals surface area contributed by atoms with E-state index >= 15 is 0 Å². The fourth-order valence-corrected chi connectivity index (χ4v) is 3.61. The summed E-state index contributed by atoms with van der Waals surface area (Å²) < 4.78 is 0. The van der Waals surface area contributed by atoms with Crippen LogP contribution in [-0.4, -0.2) is 56.2 Å². The zero-order valence-corrected chi connectivity index (χ0v) is 17.2. The molecule has 0 bridgehead atoms. The number of anilines is 1. The molecule has 0 spiro atoms. The molecule has 2 atom stereocenters. The highest BCUT2D eigenvalue weighted by Crippen LogP contribution is 2.26. The lowest BCUT2D eigenvalue weighted by Crippen LogP contribution is -2.33. The molecule has 29 heavy (non-hydrogen) atoms. The van der Waals surface area contributed by atoms with Crippen LogP contribution in [0.15, 0.2) is 54.9 Å². The Morgan fingerprint density at radius 1 is 1.10 bits per heavy atom. The second-order valence-electron chi connectivity index (χ2n) is 7.58. The highest BCUT2D eigenvalue weighted by molar-refractivity contribution is 6.30. The Morgan fingerprint density at radius 2 is 1.90 bits per heavy atom. The summed E-state index contributed by atoms with van der Waals surface area (Å²) in [6, 6.07) is 13.6. The van der Waals surface area contributed by atoms with Gasteiger partial charge in [-0.15, -0.1) is 0 Å². The lowest BCUT2D eigenvalue weighted by molar-refractivity contribution is 0.161. The number of aliphatic hydroxyl groups excluding tert-OH is 1. The molecule has 3 heterocycles. The van der Waals surface area contributed by atoms with Crippen molar-refractivity contribution in [2.75, 3.05) is 18.4 Å². The van der Waals surface area contributed by atoms with Gasteiger partial charge in [0.1, 0.15) is 5.82 Å². The number of nitrogens with one attached hydrogen (secondary N) is 1. The van der Waals surface area contributed by atoms with Crippen molar-refractivity contribution in [1.29, 1.82) is 0 Å². The third-order valence-corrected chi connectivity index (χ3v) is 5.42. The van der Waals surface area contributed by atoms with Crippen molar-refractivity contribution in [1.82, 2.24) is 19.9 Å². The third kappa shape index (κ3) is 4.56. The van der Waals surface area contributed by atoms with Crippen LogP contribution in [0.4, 0.5) is 5.82 Å². The van der Waals surface area contributed by atoms with Gasteiger partial charge in [-0.05, 0) is 38.1 Å². The lowest BCUT2D eigenvalue weighted by atomic mass is 10.1. The average Bonchev–Trinajstić information content (AvgIpc) is 3.10. The van der Waals surface area contributed by atoms with Crippen LogP contribution in [0, 0.1) is 0 Å². The van der Waals surface area contributed by atoms with E-state index in [9.17, 15) is 5.11 Å². The molecule has 2 N–H and O–H groups in total. The normalized spacial score (nSPS) is 19.6. The third-order valence-electron chi connectivity index (χ3n) is 5.17. The summed E-state index contributed by atoms with van der Waals surface area (Å²) in [5.74, 6) is 1.26. The number of aliphatic hydroxyl groups is 1. The van der Waals surface area contributed by atoms with Gasteiger partial charge < -0.3 is 10.4 Å². The number of benzene rings is 1. The molecule has 0 radical (unpaired) electrons. The molecule has 150 valence electrons. The van der Waals surface area contributed by atoms with Crippen molar-refractivity contribution in [2.45, 2.75) is 32.0 Å². The van der Waals surface area contributed by atoms with Crippen LogP contribution < -0.4 is 5.32 Å². The highest BCUT2D eigenvalue weighted by atomic mass is 35.5. The molecule has 1 aliphatic rings. The average molecular weight is 410 g/mol. The Morgan fingerprint density at radius 3 is 2.55 bits per heavy atom. The van der Waals surface area contributed by atoms with Crippen LogP contribution in [0.3, 0.4) is 0 Å². The molecule has 1 fully saturated rings. The van der Waals surface area contributed by atoms with E-state index in [-0.39, 0.29) is 6.04 Å². The van der Waals surface area contributed by atoms with Crippen molar-refractivity contribution in [2.24, 2.45) is 0 Å². The maximum atomic E-state index is 10.5. The smallest absolute Gasteiger partial charge is 0.163 e. The molecular formula is C22H24ClN5O. The fourth-order valence-electron chi connectivity index (χ4n) is 3.48. The molecule has 0 amide bonds. The second kappa shape index (κ2) is 8.45. The van der Waals surface area contributed by atoms with Gasteiger partial charge in [0.2, 0.25) is 0 Å². The Labute approximate surface area is 175 Å². The molecule has 2 unspecified atom stereocenters.